The molecule has 1 aliphatic heterocycles. The van der Waals surface area contributed by atoms with E-state index in [1.54, 1.807) is 30.7 Å². The molecule has 1 fully saturated rings. The molecule has 1 N–H and O–H groups in total. The van der Waals surface area contributed by atoms with E-state index < -0.39 is 11.0 Å². The first kappa shape index (κ1) is 27.6. The number of methoxy groups -OCH3 is 1. The summed E-state index contributed by atoms with van der Waals surface area (Å²) in [4.78, 5) is 22.2. The molecule has 36 heavy (non-hydrogen) atoms. The normalized spacial score (nSPS) is 15.1. The van der Waals surface area contributed by atoms with Crippen LogP contribution >= 0.6 is 0 Å². The average molecular weight is 513 g/mol. The second-order valence-corrected chi connectivity index (χ2v) is 10.9. The summed E-state index contributed by atoms with van der Waals surface area (Å²) in [5.74, 6) is 1.16. The molecule has 0 bridgehead atoms. The molecule has 2 heterocycles. The maximum atomic E-state index is 13.1. The molecule has 1 aromatic heterocycles. The number of carbonyl (C=O) groups excluding carboxylic acids is 1. The van der Waals surface area contributed by atoms with Crippen molar-refractivity contribution in [1.82, 2.24) is 14.2 Å². The Hall–Kier alpha value is -3.00. The summed E-state index contributed by atoms with van der Waals surface area (Å²) in [7, 11) is 6.11. The fraction of sp³-hybridized carbons (Fsp3) is 0.500. The van der Waals surface area contributed by atoms with Gasteiger partial charge in [-0.2, -0.15) is 5.26 Å². The molecule has 9 nitrogen and oxygen atoms in total. The van der Waals surface area contributed by atoms with Crippen molar-refractivity contribution in [2.75, 3.05) is 58.1 Å². The van der Waals surface area contributed by atoms with E-state index in [1.165, 1.54) is 0 Å². The van der Waals surface area contributed by atoms with Gasteiger partial charge in [-0.05, 0) is 70.1 Å². The quantitative estimate of drug-likeness (QED) is 0.551. The van der Waals surface area contributed by atoms with Crippen molar-refractivity contribution < 1.29 is 13.7 Å². The largest absolute Gasteiger partial charge is 0.497 e. The highest BCUT2D eigenvalue weighted by Gasteiger charge is 2.24. The Balaban J connectivity index is 1.58. The first-order chi connectivity index (χ1) is 17.1. The van der Waals surface area contributed by atoms with Crippen LogP contribution < -0.4 is 15.0 Å². The highest BCUT2D eigenvalue weighted by molar-refractivity contribution is 7.82. The summed E-state index contributed by atoms with van der Waals surface area (Å²) >= 11 is 0. The van der Waals surface area contributed by atoms with Gasteiger partial charge in [-0.3, -0.25) is 4.79 Å². The predicted octanol–water partition coefficient (Wildman–Crippen LogP) is 3.09. The van der Waals surface area contributed by atoms with Gasteiger partial charge < -0.3 is 19.9 Å². The van der Waals surface area contributed by atoms with Gasteiger partial charge >= 0.3 is 0 Å². The van der Waals surface area contributed by atoms with Crippen molar-refractivity contribution in [3.05, 3.63) is 41.1 Å². The third-order valence-electron chi connectivity index (χ3n) is 6.55. The lowest BCUT2D eigenvalue weighted by Gasteiger charge is -2.36. The smallest absolute Gasteiger partial charge is 0.225 e. The third-order valence-corrected chi connectivity index (χ3v) is 8.29. The second kappa shape index (κ2) is 12.3. The second-order valence-electron chi connectivity index (χ2n) is 9.38. The van der Waals surface area contributed by atoms with Gasteiger partial charge in [-0.15, -0.1) is 0 Å². The van der Waals surface area contributed by atoms with Gasteiger partial charge in [-0.1, -0.05) is 0 Å². The van der Waals surface area contributed by atoms with Crippen LogP contribution in [0.4, 0.5) is 11.5 Å². The lowest BCUT2D eigenvalue weighted by atomic mass is 10.0. The fourth-order valence-corrected chi connectivity index (χ4v) is 5.72. The summed E-state index contributed by atoms with van der Waals surface area (Å²) in [6.07, 6.45) is 3.78. The van der Waals surface area contributed by atoms with Gasteiger partial charge in [0.25, 0.3) is 0 Å². The van der Waals surface area contributed by atoms with Crippen LogP contribution in [-0.4, -0.2) is 78.2 Å². The number of rotatable bonds is 9. The monoisotopic (exact) mass is 512 g/mol. The molecule has 0 spiro atoms. The lowest BCUT2D eigenvalue weighted by molar-refractivity contribution is -0.116. The maximum Gasteiger partial charge on any atom is 0.225 e. The SMILES string of the molecule is COc1cc(C)c(S(=O)N(C)CCC(=O)Nc2cnc(N3CCC(N(C)C)CC3)c(C#N)c2)c(C)c1. The summed E-state index contributed by atoms with van der Waals surface area (Å²) in [6, 6.07) is 8.14. The summed E-state index contributed by atoms with van der Waals surface area (Å²) < 4.78 is 20.0. The van der Waals surface area contributed by atoms with Gasteiger partial charge in [0.1, 0.15) is 28.6 Å². The Labute approximate surface area is 216 Å². The van der Waals surface area contributed by atoms with Crippen molar-refractivity contribution >= 4 is 28.4 Å². The van der Waals surface area contributed by atoms with Gasteiger partial charge in [0.05, 0.1) is 29.5 Å². The van der Waals surface area contributed by atoms with E-state index in [4.69, 9.17) is 4.74 Å². The summed E-state index contributed by atoms with van der Waals surface area (Å²) in [5.41, 5.74) is 2.68. The number of nitriles is 1. The highest BCUT2D eigenvalue weighted by atomic mass is 32.2. The Morgan fingerprint density at radius 2 is 1.86 bits per heavy atom. The number of piperidine rings is 1. The van der Waals surface area contributed by atoms with E-state index in [1.807, 2.05) is 26.0 Å². The van der Waals surface area contributed by atoms with E-state index in [9.17, 15) is 14.3 Å². The topological polar surface area (TPSA) is 102 Å². The summed E-state index contributed by atoms with van der Waals surface area (Å²) in [6.45, 7) is 5.79. The van der Waals surface area contributed by atoms with E-state index in [0.717, 1.165) is 47.7 Å². The Morgan fingerprint density at radius 1 is 1.22 bits per heavy atom. The molecule has 1 atom stereocenters. The van der Waals surface area contributed by atoms with E-state index >= 15 is 0 Å². The Kier molecular flexibility index (Phi) is 9.43. The zero-order valence-electron chi connectivity index (χ0n) is 22.0. The molecule has 1 aliphatic rings. The molecule has 0 saturated carbocycles. The molecule has 1 unspecified atom stereocenters. The van der Waals surface area contributed by atoms with Crippen LogP contribution in [0.25, 0.3) is 0 Å². The van der Waals surface area contributed by atoms with Crippen LogP contribution in [0.1, 0.15) is 36.0 Å². The molecule has 3 rings (SSSR count). The van der Waals surface area contributed by atoms with E-state index in [-0.39, 0.29) is 12.3 Å². The molecule has 1 aromatic carbocycles. The van der Waals surface area contributed by atoms with Crippen LogP contribution in [0.5, 0.6) is 5.75 Å². The molecule has 10 heteroatoms. The van der Waals surface area contributed by atoms with E-state index in [2.05, 4.69) is 40.3 Å². The Morgan fingerprint density at radius 3 is 2.42 bits per heavy atom. The van der Waals surface area contributed by atoms with Crippen LogP contribution in [-0.2, 0) is 15.8 Å². The molecule has 1 amide bonds. The predicted molar refractivity (Wildman–Crippen MR) is 143 cm³/mol. The number of nitrogens with one attached hydrogen (secondary N) is 1. The Bertz CT molecular complexity index is 1130. The number of aryl methyl sites for hydroxylation is 2. The molecular weight excluding hydrogens is 476 g/mol. The fourth-order valence-electron chi connectivity index (χ4n) is 4.48. The zero-order chi connectivity index (χ0) is 26.4. The minimum absolute atomic E-state index is 0.151. The number of hydrogen-bond acceptors (Lipinski definition) is 7. The van der Waals surface area contributed by atoms with Crippen LogP contribution in [0.15, 0.2) is 29.3 Å². The number of anilines is 2. The van der Waals surface area contributed by atoms with Crippen molar-refractivity contribution in [3.63, 3.8) is 0 Å². The number of pyridine rings is 1. The summed E-state index contributed by atoms with van der Waals surface area (Å²) in [5, 5.41) is 12.5. The minimum atomic E-state index is -1.41. The molecule has 0 aliphatic carbocycles. The first-order valence-corrected chi connectivity index (χ1v) is 13.1. The molecule has 0 radical (unpaired) electrons. The number of hydrogen-bond donors (Lipinski definition) is 1. The number of nitrogens with zero attached hydrogens (tertiary/aromatic N) is 5. The average Bonchev–Trinajstić information content (AvgIpc) is 2.86. The zero-order valence-corrected chi connectivity index (χ0v) is 22.8. The number of benzene rings is 1. The van der Waals surface area contributed by atoms with Crippen molar-refractivity contribution in [1.29, 1.82) is 5.26 Å². The first-order valence-electron chi connectivity index (χ1n) is 12.0. The van der Waals surface area contributed by atoms with Gasteiger partial charge in [0, 0.05) is 39.1 Å². The minimum Gasteiger partial charge on any atom is -0.497 e. The van der Waals surface area contributed by atoms with Gasteiger partial charge in [0.15, 0.2) is 0 Å². The standard InChI is InChI=1S/C26H36N6O3S/c1-18-13-23(35-6)14-19(2)25(18)36(34)31(5)10-9-24(33)29-21-15-20(16-27)26(28-17-21)32-11-7-22(8-12-32)30(3)4/h13-15,17,22H,7-12H2,1-6H3,(H,29,33). The van der Waals surface area contributed by atoms with Gasteiger partial charge in [0.2, 0.25) is 5.91 Å². The molecular formula is C26H36N6O3S. The van der Waals surface area contributed by atoms with Crippen molar-refractivity contribution in [2.24, 2.45) is 0 Å². The van der Waals surface area contributed by atoms with Crippen molar-refractivity contribution in [2.45, 2.75) is 44.0 Å². The number of carbonyl (C=O) groups is 1. The van der Waals surface area contributed by atoms with E-state index in [0.29, 0.717) is 29.7 Å². The van der Waals surface area contributed by atoms with Crippen LogP contribution in [0.3, 0.4) is 0 Å². The van der Waals surface area contributed by atoms with Crippen LogP contribution in [0, 0.1) is 25.2 Å². The van der Waals surface area contributed by atoms with Crippen LogP contribution in [0.2, 0.25) is 0 Å². The number of aromatic nitrogens is 1. The lowest BCUT2D eigenvalue weighted by Crippen LogP contribution is -2.42. The molecule has 2 aromatic rings. The number of ether oxygens (including phenoxy) is 1. The maximum absolute atomic E-state index is 13.1. The van der Waals surface area contributed by atoms with Crippen molar-refractivity contribution in [3.8, 4) is 11.8 Å². The molecule has 1 saturated heterocycles. The molecule has 194 valence electrons. The number of amides is 1. The highest BCUT2D eigenvalue weighted by Crippen LogP contribution is 2.27. The third kappa shape index (κ3) is 6.60. The van der Waals surface area contributed by atoms with Gasteiger partial charge in [-0.25, -0.2) is 13.5 Å².